The predicted molar refractivity (Wildman–Crippen MR) is 69.5 cm³/mol. The average Bonchev–Trinajstić information content (AvgIpc) is 2.15. The molecule has 1 rings (SSSR count). The van der Waals surface area contributed by atoms with Crippen LogP contribution in [-0.4, -0.2) is 23.4 Å². The maximum atomic E-state index is 13.2. The number of aliphatic hydroxyl groups excluding tert-OH is 1. The van der Waals surface area contributed by atoms with Crippen LogP contribution in [0, 0.1) is 5.82 Å². The first-order valence-electron chi connectivity index (χ1n) is 5.62. The lowest BCUT2D eigenvalue weighted by Gasteiger charge is -2.30. The zero-order chi connectivity index (χ0) is 13.1. The Kier molecular flexibility index (Phi) is 5.10. The molecule has 1 atom stereocenters. The zero-order valence-corrected chi connectivity index (χ0v) is 11.9. The lowest BCUT2D eigenvalue weighted by atomic mass is 9.95. The number of aliphatic hydroxyl groups is 1. The van der Waals surface area contributed by atoms with Gasteiger partial charge in [0.05, 0.1) is 11.7 Å². The minimum Gasteiger partial charge on any atom is -0.390 e. The minimum atomic E-state index is -0.670. The Labute approximate surface area is 110 Å². The summed E-state index contributed by atoms with van der Waals surface area (Å²) in [5.74, 6) is -0.309. The molecule has 0 heterocycles. The van der Waals surface area contributed by atoms with Crippen LogP contribution in [0.5, 0.6) is 0 Å². The molecule has 0 fully saturated rings. The Bertz CT molecular complexity index is 359. The first-order valence-corrected chi connectivity index (χ1v) is 6.41. The highest BCUT2D eigenvalue weighted by Gasteiger charge is 2.28. The third kappa shape index (κ3) is 4.37. The summed E-state index contributed by atoms with van der Waals surface area (Å²) >= 11 is 3.23. The number of hydrogen-bond donors (Lipinski definition) is 1. The molecule has 1 aromatic carbocycles. The third-order valence-electron chi connectivity index (χ3n) is 2.67. The van der Waals surface area contributed by atoms with E-state index in [9.17, 15) is 9.50 Å². The lowest BCUT2D eigenvalue weighted by molar-refractivity contribution is -0.0955. The monoisotopic (exact) mass is 304 g/mol. The van der Waals surface area contributed by atoms with Crippen molar-refractivity contribution in [2.75, 3.05) is 6.61 Å². The van der Waals surface area contributed by atoms with E-state index >= 15 is 0 Å². The molecule has 0 saturated carbocycles. The number of halogens is 2. The molecule has 1 unspecified atom stereocenters. The van der Waals surface area contributed by atoms with Crippen molar-refractivity contribution in [3.8, 4) is 0 Å². The van der Waals surface area contributed by atoms with Crippen molar-refractivity contribution >= 4 is 15.9 Å². The van der Waals surface area contributed by atoms with Gasteiger partial charge in [-0.1, -0.05) is 15.9 Å². The molecule has 0 amide bonds. The van der Waals surface area contributed by atoms with Gasteiger partial charge in [0, 0.05) is 17.5 Å². The Hall–Kier alpha value is -0.450. The Morgan fingerprint density at radius 2 is 2.06 bits per heavy atom. The molecular weight excluding hydrogens is 287 g/mol. The number of ether oxygens (including phenoxy) is 1. The molecule has 0 aliphatic heterocycles. The van der Waals surface area contributed by atoms with E-state index in [0.717, 1.165) is 5.56 Å². The lowest BCUT2D eigenvalue weighted by Crippen LogP contribution is -2.40. The van der Waals surface area contributed by atoms with E-state index in [2.05, 4.69) is 15.9 Å². The summed E-state index contributed by atoms with van der Waals surface area (Å²) in [5, 5.41) is 10.1. The minimum absolute atomic E-state index is 0.309. The smallest absolute Gasteiger partial charge is 0.124 e. The van der Waals surface area contributed by atoms with Crippen molar-refractivity contribution in [3.63, 3.8) is 0 Å². The van der Waals surface area contributed by atoms with Crippen LogP contribution in [0.15, 0.2) is 22.7 Å². The summed E-state index contributed by atoms with van der Waals surface area (Å²) in [6, 6.07) is 4.62. The van der Waals surface area contributed by atoms with Crippen LogP contribution in [-0.2, 0) is 11.2 Å². The highest BCUT2D eigenvalue weighted by Crippen LogP contribution is 2.21. The summed E-state index contributed by atoms with van der Waals surface area (Å²) in [6.07, 6.45) is -0.306. The van der Waals surface area contributed by atoms with Crippen molar-refractivity contribution in [2.24, 2.45) is 0 Å². The van der Waals surface area contributed by atoms with Crippen LogP contribution in [0.1, 0.15) is 26.3 Å². The van der Waals surface area contributed by atoms with E-state index < -0.39 is 11.7 Å². The molecule has 96 valence electrons. The van der Waals surface area contributed by atoms with Gasteiger partial charge in [0.15, 0.2) is 0 Å². The van der Waals surface area contributed by atoms with Gasteiger partial charge in [0.2, 0.25) is 0 Å². The molecule has 17 heavy (non-hydrogen) atoms. The summed E-state index contributed by atoms with van der Waals surface area (Å²) in [5.41, 5.74) is 0.116. The van der Waals surface area contributed by atoms with Gasteiger partial charge in [-0.25, -0.2) is 4.39 Å². The molecular formula is C13H18BrFO2. The standard InChI is InChI=1S/C13H18BrFO2/c1-4-17-13(2,3)12(16)7-9-5-10(14)8-11(15)6-9/h5-6,8,12,16H,4,7H2,1-3H3. The molecule has 0 spiro atoms. The highest BCUT2D eigenvalue weighted by atomic mass is 79.9. The average molecular weight is 305 g/mol. The fourth-order valence-electron chi connectivity index (χ4n) is 1.67. The molecule has 0 saturated heterocycles. The first kappa shape index (κ1) is 14.6. The SMILES string of the molecule is CCOC(C)(C)C(O)Cc1cc(F)cc(Br)c1. The van der Waals surface area contributed by atoms with E-state index in [1.165, 1.54) is 12.1 Å². The quantitative estimate of drug-likeness (QED) is 0.904. The van der Waals surface area contributed by atoms with Crippen molar-refractivity contribution in [2.45, 2.75) is 38.9 Å². The van der Waals surface area contributed by atoms with Gasteiger partial charge in [0.25, 0.3) is 0 Å². The van der Waals surface area contributed by atoms with E-state index in [-0.39, 0.29) is 5.82 Å². The maximum absolute atomic E-state index is 13.2. The summed E-state index contributed by atoms with van der Waals surface area (Å²) in [7, 11) is 0. The number of hydrogen-bond acceptors (Lipinski definition) is 2. The van der Waals surface area contributed by atoms with Gasteiger partial charge in [0.1, 0.15) is 5.82 Å². The molecule has 1 aromatic rings. The molecule has 0 aliphatic rings. The van der Waals surface area contributed by atoms with E-state index in [4.69, 9.17) is 4.74 Å². The molecule has 0 aliphatic carbocycles. The van der Waals surface area contributed by atoms with Gasteiger partial charge in [-0.2, -0.15) is 0 Å². The van der Waals surface area contributed by atoms with Gasteiger partial charge < -0.3 is 9.84 Å². The van der Waals surface area contributed by atoms with Gasteiger partial charge in [-0.3, -0.25) is 0 Å². The van der Waals surface area contributed by atoms with Crippen LogP contribution in [0.25, 0.3) is 0 Å². The normalized spacial score (nSPS) is 13.8. The second-order valence-electron chi connectivity index (χ2n) is 4.53. The van der Waals surface area contributed by atoms with Crippen LogP contribution < -0.4 is 0 Å². The molecule has 1 N–H and O–H groups in total. The fraction of sp³-hybridized carbons (Fsp3) is 0.538. The summed E-state index contributed by atoms with van der Waals surface area (Å²) in [4.78, 5) is 0. The molecule has 0 radical (unpaired) electrons. The Balaban J connectivity index is 2.76. The zero-order valence-electron chi connectivity index (χ0n) is 10.3. The van der Waals surface area contributed by atoms with E-state index in [1.807, 2.05) is 20.8 Å². The van der Waals surface area contributed by atoms with Crippen LogP contribution in [0.4, 0.5) is 4.39 Å². The third-order valence-corrected chi connectivity index (χ3v) is 3.13. The second-order valence-corrected chi connectivity index (χ2v) is 5.45. The molecule has 4 heteroatoms. The van der Waals surface area contributed by atoms with Gasteiger partial charge >= 0.3 is 0 Å². The first-order chi connectivity index (χ1) is 7.85. The van der Waals surface area contributed by atoms with Gasteiger partial charge in [-0.05, 0) is 44.5 Å². The fourth-order valence-corrected chi connectivity index (χ4v) is 2.18. The van der Waals surface area contributed by atoms with Crippen LogP contribution in [0.3, 0.4) is 0 Å². The summed E-state index contributed by atoms with van der Waals surface area (Å²) < 4.78 is 19.3. The topological polar surface area (TPSA) is 29.5 Å². The second kappa shape index (κ2) is 5.94. The molecule has 2 nitrogen and oxygen atoms in total. The number of benzene rings is 1. The van der Waals surface area contributed by atoms with Crippen molar-refractivity contribution in [1.29, 1.82) is 0 Å². The highest BCUT2D eigenvalue weighted by molar-refractivity contribution is 9.10. The molecule has 0 aromatic heterocycles. The van der Waals surface area contributed by atoms with Crippen LogP contribution in [0.2, 0.25) is 0 Å². The largest absolute Gasteiger partial charge is 0.390 e. The Morgan fingerprint density at radius 3 is 2.59 bits per heavy atom. The molecule has 0 bridgehead atoms. The van der Waals surface area contributed by atoms with E-state index in [1.54, 1.807) is 6.07 Å². The predicted octanol–water partition coefficient (Wildman–Crippen LogP) is 3.31. The Morgan fingerprint density at radius 1 is 1.41 bits per heavy atom. The van der Waals surface area contributed by atoms with Crippen molar-refractivity contribution in [1.82, 2.24) is 0 Å². The van der Waals surface area contributed by atoms with Crippen molar-refractivity contribution < 1.29 is 14.2 Å². The summed E-state index contributed by atoms with van der Waals surface area (Å²) in [6.45, 7) is 6.08. The number of rotatable bonds is 5. The van der Waals surface area contributed by atoms with Crippen molar-refractivity contribution in [3.05, 3.63) is 34.1 Å². The van der Waals surface area contributed by atoms with E-state index in [0.29, 0.717) is 17.5 Å². The van der Waals surface area contributed by atoms with Crippen LogP contribution >= 0.6 is 15.9 Å². The maximum Gasteiger partial charge on any atom is 0.124 e. The van der Waals surface area contributed by atoms with Gasteiger partial charge in [-0.15, -0.1) is 0 Å².